The third kappa shape index (κ3) is 3.64. The molecule has 1 aromatic carbocycles. The van der Waals surface area contributed by atoms with Gasteiger partial charge in [-0.25, -0.2) is 4.79 Å². The molecule has 2 N–H and O–H groups in total. The summed E-state index contributed by atoms with van der Waals surface area (Å²) in [6, 6.07) is 7.18. The van der Waals surface area contributed by atoms with Crippen LogP contribution in [0.25, 0.3) is 0 Å². The molecule has 1 aromatic rings. The van der Waals surface area contributed by atoms with Crippen LogP contribution in [0.4, 0.5) is 5.69 Å². The molecule has 4 heteroatoms. The Hall–Kier alpha value is -1.22. The van der Waals surface area contributed by atoms with Crippen molar-refractivity contribution < 1.29 is 9.90 Å². The van der Waals surface area contributed by atoms with E-state index in [1.54, 1.807) is 12.1 Å². The zero-order valence-electron chi connectivity index (χ0n) is 10.9. The van der Waals surface area contributed by atoms with Crippen molar-refractivity contribution in [2.24, 2.45) is 0 Å². The lowest BCUT2D eigenvalue weighted by Crippen LogP contribution is -2.46. The van der Waals surface area contributed by atoms with Crippen LogP contribution in [0, 0.1) is 0 Å². The van der Waals surface area contributed by atoms with Crippen molar-refractivity contribution in [1.29, 1.82) is 0 Å². The van der Waals surface area contributed by atoms with Crippen molar-refractivity contribution in [3.63, 3.8) is 0 Å². The van der Waals surface area contributed by atoms with Gasteiger partial charge in [-0.3, -0.25) is 0 Å². The molecule has 1 rings (SSSR count). The minimum absolute atomic E-state index is 0.600. The summed E-state index contributed by atoms with van der Waals surface area (Å²) in [5.41, 5.74) is -0.138. The molecule has 0 atom stereocenters. The van der Waals surface area contributed by atoms with Gasteiger partial charge in [0, 0.05) is 10.7 Å². The highest BCUT2D eigenvalue weighted by molar-refractivity contribution is 6.30. The second kappa shape index (κ2) is 6.64. The second-order valence-corrected chi connectivity index (χ2v) is 4.96. The van der Waals surface area contributed by atoms with Crippen molar-refractivity contribution in [3.05, 3.63) is 29.3 Å². The van der Waals surface area contributed by atoms with Gasteiger partial charge in [-0.15, -0.1) is 0 Å². The average Bonchev–Trinajstić information content (AvgIpc) is 2.29. The van der Waals surface area contributed by atoms with Gasteiger partial charge in [-0.1, -0.05) is 44.4 Å². The van der Waals surface area contributed by atoms with E-state index in [0.29, 0.717) is 17.9 Å². The summed E-state index contributed by atoms with van der Waals surface area (Å²) in [4.78, 5) is 11.6. The topological polar surface area (TPSA) is 49.3 Å². The van der Waals surface area contributed by atoms with Gasteiger partial charge in [-0.05, 0) is 31.0 Å². The molecular weight excluding hydrogens is 250 g/mol. The SMILES string of the molecule is CCCC(CCC)(Nc1cccc(Cl)c1)C(=O)O. The van der Waals surface area contributed by atoms with Gasteiger partial charge in [0.1, 0.15) is 5.54 Å². The molecule has 0 aromatic heterocycles. The summed E-state index contributed by atoms with van der Waals surface area (Å²) in [5, 5.41) is 13.3. The Morgan fingerprint density at radius 2 is 1.94 bits per heavy atom. The van der Waals surface area contributed by atoms with Crippen molar-refractivity contribution in [3.8, 4) is 0 Å². The van der Waals surface area contributed by atoms with Crippen molar-refractivity contribution >= 4 is 23.3 Å². The molecule has 0 amide bonds. The molecular formula is C14H20ClNO2. The fourth-order valence-corrected chi connectivity index (χ4v) is 2.40. The number of halogens is 1. The average molecular weight is 270 g/mol. The van der Waals surface area contributed by atoms with E-state index in [0.717, 1.165) is 18.5 Å². The maximum absolute atomic E-state index is 11.6. The second-order valence-electron chi connectivity index (χ2n) is 4.52. The Morgan fingerprint density at radius 1 is 1.33 bits per heavy atom. The normalized spacial score (nSPS) is 11.3. The van der Waals surface area contributed by atoms with Crippen LogP contribution < -0.4 is 5.32 Å². The molecule has 0 aliphatic rings. The van der Waals surface area contributed by atoms with Crippen LogP contribution >= 0.6 is 11.6 Å². The number of benzene rings is 1. The molecule has 0 aliphatic carbocycles. The molecule has 100 valence electrons. The van der Waals surface area contributed by atoms with E-state index in [4.69, 9.17) is 11.6 Å². The molecule has 0 unspecified atom stereocenters. The maximum Gasteiger partial charge on any atom is 0.329 e. The van der Waals surface area contributed by atoms with Gasteiger partial charge >= 0.3 is 5.97 Å². The Labute approximate surface area is 113 Å². The first-order valence-electron chi connectivity index (χ1n) is 6.31. The fourth-order valence-electron chi connectivity index (χ4n) is 2.21. The Kier molecular flexibility index (Phi) is 5.48. The highest BCUT2D eigenvalue weighted by Crippen LogP contribution is 2.27. The largest absolute Gasteiger partial charge is 0.480 e. The molecule has 0 radical (unpaired) electrons. The summed E-state index contributed by atoms with van der Waals surface area (Å²) >= 11 is 5.92. The minimum atomic E-state index is -0.895. The van der Waals surface area contributed by atoms with Crippen molar-refractivity contribution in [2.75, 3.05) is 5.32 Å². The van der Waals surface area contributed by atoms with Gasteiger partial charge in [-0.2, -0.15) is 0 Å². The number of hydrogen-bond acceptors (Lipinski definition) is 2. The third-order valence-corrected chi connectivity index (χ3v) is 3.21. The van der Waals surface area contributed by atoms with E-state index >= 15 is 0 Å². The first-order chi connectivity index (χ1) is 8.54. The standard InChI is InChI=1S/C14H20ClNO2/c1-3-8-14(9-4-2,13(17)18)16-12-7-5-6-11(15)10-12/h5-7,10,16H,3-4,8-9H2,1-2H3,(H,17,18). The number of rotatable bonds is 7. The first-order valence-corrected chi connectivity index (χ1v) is 6.69. The number of carboxylic acids is 1. The Morgan fingerprint density at radius 3 is 2.39 bits per heavy atom. The van der Waals surface area contributed by atoms with Crippen molar-refractivity contribution in [2.45, 2.75) is 45.1 Å². The number of hydrogen-bond donors (Lipinski definition) is 2. The van der Waals surface area contributed by atoms with E-state index < -0.39 is 11.5 Å². The van der Waals surface area contributed by atoms with Gasteiger partial charge < -0.3 is 10.4 Å². The van der Waals surface area contributed by atoms with Gasteiger partial charge in [0.25, 0.3) is 0 Å². The lowest BCUT2D eigenvalue weighted by molar-refractivity contribution is -0.142. The smallest absolute Gasteiger partial charge is 0.329 e. The van der Waals surface area contributed by atoms with E-state index in [-0.39, 0.29) is 0 Å². The first kappa shape index (κ1) is 14.8. The zero-order valence-corrected chi connectivity index (χ0v) is 11.6. The molecule has 18 heavy (non-hydrogen) atoms. The Bertz CT molecular complexity index is 401. The van der Waals surface area contributed by atoms with Gasteiger partial charge in [0.2, 0.25) is 0 Å². The van der Waals surface area contributed by atoms with Crippen LogP contribution in [0.3, 0.4) is 0 Å². The lowest BCUT2D eigenvalue weighted by atomic mass is 9.88. The Balaban J connectivity index is 2.99. The molecule has 0 aliphatic heterocycles. The van der Waals surface area contributed by atoms with Crippen LogP contribution in [0.5, 0.6) is 0 Å². The minimum Gasteiger partial charge on any atom is -0.480 e. The van der Waals surface area contributed by atoms with E-state index in [1.165, 1.54) is 0 Å². The number of anilines is 1. The monoisotopic (exact) mass is 269 g/mol. The van der Waals surface area contributed by atoms with Crippen LogP contribution in [-0.2, 0) is 4.79 Å². The molecule has 0 spiro atoms. The highest BCUT2D eigenvalue weighted by Gasteiger charge is 2.36. The predicted octanol–water partition coefficient (Wildman–Crippen LogP) is 4.18. The molecule has 3 nitrogen and oxygen atoms in total. The third-order valence-electron chi connectivity index (χ3n) is 2.97. The van der Waals surface area contributed by atoms with Crippen LogP contribution in [-0.4, -0.2) is 16.6 Å². The maximum atomic E-state index is 11.6. The van der Waals surface area contributed by atoms with Crippen LogP contribution in [0.2, 0.25) is 5.02 Å². The molecule has 0 bridgehead atoms. The van der Waals surface area contributed by atoms with Crippen LogP contribution in [0.15, 0.2) is 24.3 Å². The lowest BCUT2D eigenvalue weighted by Gasteiger charge is -2.31. The van der Waals surface area contributed by atoms with E-state index in [2.05, 4.69) is 5.32 Å². The number of nitrogens with one attached hydrogen (secondary N) is 1. The highest BCUT2D eigenvalue weighted by atomic mass is 35.5. The number of aliphatic carboxylic acids is 1. The summed E-state index contributed by atoms with van der Waals surface area (Å²) in [6.07, 6.45) is 2.84. The van der Waals surface area contributed by atoms with Crippen LogP contribution in [0.1, 0.15) is 39.5 Å². The molecule has 0 heterocycles. The fraction of sp³-hybridized carbons (Fsp3) is 0.500. The molecule has 0 saturated heterocycles. The van der Waals surface area contributed by atoms with Crippen molar-refractivity contribution in [1.82, 2.24) is 0 Å². The summed E-state index contributed by atoms with van der Waals surface area (Å²) in [7, 11) is 0. The summed E-state index contributed by atoms with van der Waals surface area (Å²) in [5.74, 6) is -0.800. The molecule has 0 fully saturated rings. The molecule has 0 saturated carbocycles. The summed E-state index contributed by atoms with van der Waals surface area (Å²) in [6.45, 7) is 3.99. The summed E-state index contributed by atoms with van der Waals surface area (Å²) < 4.78 is 0. The number of carboxylic acid groups (broad SMARTS) is 1. The van der Waals surface area contributed by atoms with E-state index in [1.807, 2.05) is 26.0 Å². The van der Waals surface area contributed by atoms with Gasteiger partial charge in [0.05, 0.1) is 0 Å². The van der Waals surface area contributed by atoms with Gasteiger partial charge in [0.15, 0.2) is 0 Å². The number of carbonyl (C=O) groups is 1. The zero-order chi connectivity index (χ0) is 13.6. The van der Waals surface area contributed by atoms with E-state index in [9.17, 15) is 9.90 Å². The quantitative estimate of drug-likeness (QED) is 0.781. The predicted molar refractivity (Wildman–Crippen MR) is 75.3 cm³/mol.